The highest BCUT2D eigenvalue weighted by atomic mass is 32.2. The van der Waals surface area contributed by atoms with Crippen LogP contribution >= 0.6 is 0 Å². The number of benzene rings is 1. The summed E-state index contributed by atoms with van der Waals surface area (Å²) in [4.78, 5) is 14.2. The number of amides is 1. The molecule has 116 valence electrons. The molecule has 0 bridgehead atoms. The van der Waals surface area contributed by atoms with Crippen LogP contribution in [0.5, 0.6) is 0 Å². The molecule has 1 heterocycles. The Kier molecular flexibility index (Phi) is 4.97. The molecule has 1 aromatic rings. The Morgan fingerprint density at radius 2 is 2.05 bits per heavy atom. The molecular weight excluding hydrogens is 290 g/mol. The lowest BCUT2D eigenvalue weighted by Gasteiger charge is -2.32. The normalized spacial score (nSPS) is 19.5. The number of likely N-dealkylation sites (N-methyl/N-ethyl adjacent to an activating group) is 1. The van der Waals surface area contributed by atoms with Crippen LogP contribution in [-0.4, -0.2) is 45.4 Å². The monoisotopic (exact) mass is 311 g/mol. The van der Waals surface area contributed by atoms with Crippen molar-refractivity contribution >= 4 is 15.9 Å². The molecule has 0 aliphatic carbocycles. The first-order chi connectivity index (χ1) is 9.89. The van der Waals surface area contributed by atoms with Gasteiger partial charge in [0.15, 0.2) is 0 Å². The van der Waals surface area contributed by atoms with Crippen LogP contribution in [0.3, 0.4) is 0 Å². The summed E-state index contributed by atoms with van der Waals surface area (Å²) in [6, 6.07) is 6.93. The zero-order valence-corrected chi connectivity index (χ0v) is 12.9. The molecule has 1 aliphatic rings. The van der Waals surface area contributed by atoms with Crippen molar-refractivity contribution in [2.24, 2.45) is 5.14 Å². The molecule has 1 fully saturated rings. The zero-order chi connectivity index (χ0) is 15.5. The lowest BCUT2D eigenvalue weighted by Crippen LogP contribution is -2.46. The minimum absolute atomic E-state index is 0.0166. The largest absolute Gasteiger partial charge is 0.337 e. The highest BCUT2D eigenvalue weighted by Gasteiger charge is 2.23. The van der Waals surface area contributed by atoms with Crippen LogP contribution in [0.15, 0.2) is 24.3 Å². The van der Waals surface area contributed by atoms with Gasteiger partial charge in [-0.05, 0) is 37.6 Å². The van der Waals surface area contributed by atoms with Crippen molar-refractivity contribution < 1.29 is 13.2 Å². The number of piperidine rings is 1. The van der Waals surface area contributed by atoms with Gasteiger partial charge in [-0.15, -0.1) is 0 Å². The number of primary sulfonamides is 1. The van der Waals surface area contributed by atoms with Crippen LogP contribution in [0.25, 0.3) is 0 Å². The Balaban J connectivity index is 2.06. The maximum absolute atomic E-state index is 12.4. The number of rotatable bonds is 4. The van der Waals surface area contributed by atoms with E-state index < -0.39 is 10.0 Å². The van der Waals surface area contributed by atoms with E-state index in [-0.39, 0.29) is 11.7 Å². The molecule has 6 nitrogen and oxygen atoms in total. The van der Waals surface area contributed by atoms with Gasteiger partial charge in [-0.3, -0.25) is 4.79 Å². The number of carbonyl (C=O) groups is 1. The number of sulfonamides is 1. The average molecular weight is 311 g/mol. The van der Waals surface area contributed by atoms with E-state index in [9.17, 15) is 13.2 Å². The second-order valence-corrected chi connectivity index (χ2v) is 7.00. The quantitative estimate of drug-likeness (QED) is 0.836. The van der Waals surface area contributed by atoms with Crippen molar-refractivity contribution in [3.8, 4) is 0 Å². The maximum atomic E-state index is 12.4. The Bertz CT molecular complexity index is 598. The van der Waals surface area contributed by atoms with Gasteiger partial charge in [-0.1, -0.05) is 12.1 Å². The van der Waals surface area contributed by atoms with Crippen LogP contribution < -0.4 is 10.5 Å². The molecule has 3 N–H and O–H groups in total. The molecule has 0 saturated carbocycles. The molecule has 1 saturated heterocycles. The minimum atomic E-state index is -3.55. The molecule has 0 spiro atoms. The number of hydrogen-bond donors (Lipinski definition) is 2. The van der Waals surface area contributed by atoms with E-state index in [1.165, 1.54) is 0 Å². The van der Waals surface area contributed by atoms with Crippen molar-refractivity contribution in [2.45, 2.75) is 24.6 Å². The first-order valence-corrected chi connectivity index (χ1v) is 8.66. The van der Waals surface area contributed by atoms with E-state index in [0.717, 1.165) is 19.4 Å². The van der Waals surface area contributed by atoms with Crippen molar-refractivity contribution in [1.29, 1.82) is 0 Å². The number of carbonyl (C=O) groups excluding carboxylic acids is 1. The Morgan fingerprint density at radius 1 is 1.38 bits per heavy atom. The topological polar surface area (TPSA) is 92.5 Å². The smallest absolute Gasteiger partial charge is 0.253 e. The van der Waals surface area contributed by atoms with E-state index in [4.69, 9.17) is 5.14 Å². The van der Waals surface area contributed by atoms with Gasteiger partial charge in [0, 0.05) is 24.7 Å². The molecule has 2 rings (SSSR count). The predicted molar refractivity (Wildman–Crippen MR) is 81.2 cm³/mol. The number of hydrogen-bond acceptors (Lipinski definition) is 4. The SMILES string of the molecule is CNC1CCCN(C(=O)c2ccc(CS(N)(=O)=O)cc2)C1. The van der Waals surface area contributed by atoms with Crippen LogP contribution in [-0.2, 0) is 15.8 Å². The van der Waals surface area contributed by atoms with Gasteiger partial charge in [0.2, 0.25) is 10.0 Å². The fraction of sp³-hybridized carbons (Fsp3) is 0.500. The third kappa shape index (κ3) is 4.52. The van der Waals surface area contributed by atoms with Gasteiger partial charge in [0.25, 0.3) is 5.91 Å². The van der Waals surface area contributed by atoms with E-state index in [0.29, 0.717) is 23.7 Å². The van der Waals surface area contributed by atoms with Crippen molar-refractivity contribution in [3.63, 3.8) is 0 Å². The van der Waals surface area contributed by atoms with E-state index in [1.54, 1.807) is 24.3 Å². The molecule has 1 amide bonds. The second kappa shape index (κ2) is 6.55. The third-order valence-electron chi connectivity index (χ3n) is 3.69. The van der Waals surface area contributed by atoms with Crippen LogP contribution in [0.2, 0.25) is 0 Å². The van der Waals surface area contributed by atoms with Crippen molar-refractivity contribution in [2.75, 3.05) is 20.1 Å². The Hall–Kier alpha value is -1.44. The minimum Gasteiger partial charge on any atom is -0.337 e. The highest BCUT2D eigenvalue weighted by Crippen LogP contribution is 2.15. The molecule has 0 radical (unpaired) electrons. The van der Waals surface area contributed by atoms with E-state index in [2.05, 4.69) is 5.32 Å². The summed E-state index contributed by atoms with van der Waals surface area (Å²) < 4.78 is 22.1. The fourth-order valence-corrected chi connectivity index (χ4v) is 3.21. The molecule has 1 aromatic carbocycles. The fourth-order valence-electron chi connectivity index (χ4n) is 2.56. The molecule has 1 unspecified atom stereocenters. The zero-order valence-electron chi connectivity index (χ0n) is 12.1. The molecular formula is C14H21N3O3S. The molecule has 1 aliphatic heterocycles. The average Bonchev–Trinajstić information content (AvgIpc) is 2.46. The van der Waals surface area contributed by atoms with Crippen LogP contribution in [0.1, 0.15) is 28.8 Å². The number of likely N-dealkylation sites (tertiary alicyclic amines) is 1. The van der Waals surface area contributed by atoms with Gasteiger partial charge in [0.05, 0.1) is 5.75 Å². The summed E-state index contributed by atoms with van der Waals surface area (Å²) in [5.74, 6) is -0.232. The van der Waals surface area contributed by atoms with Crippen LogP contribution in [0.4, 0.5) is 0 Å². The standard InChI is InChI=1S/C14H21N3O3S/c1-16-13-3-2-8-17(9-13)14(18)12-6-4-11(5-7-12)10-21(15,19)20/h4-7,13,16H,2-3,8-10H2,1H3,(H2,15,19,20). The molecule has 1 atom stereocenters. The van der Waals surface area contributed by atoms with Gasteiger partial charge in [-0.25, -0.2) is 13.6 Å². The Morgan fingerprint density at radius 3 is 2.62 bits per heavy atom. The predicted octanol–water partition coefficient (Wildman–Crippen LogP) is 0.299. The van der Waals surface area contributed by atoms with Gasteiger partial charge < -0.3 is 10.2 Å². The lowest BCUT2D eigenvalue weighted by atomic mass is 10.0. The third-order valence-corrected chi connectivity index (χ3v) is 4.42. The summed E-state index contributed by atoms with van der Waals surface area (Å²) >= 11 is 0. The van der Waals surface area contributed by atoms with Gasteiger partial charge >= 0.3 is 0 Å². The van der Waals surface area contributed by atoms with E-state index >= 15 is 0 Å². The van der Waals surface area contributed by atoms with Crippen LogP contribution in [0, 0.1) is 0 Å². The molecule has 7 heteroatoms. The van der Waals surface area contributed by atoms with Gasteiger partial charge in [-0.2, -0.15) is 0 Å². The Labute approximate surface area is 125 Å². The van der Waals surface area contributed by atoms with Gasteiger partial charge in [0.1, 0.15) is 0 Å². The van der Waals surface area contributed by atoms with Crippen molar-refractivity contribution in [3.05, 3.63) is 35.4 Å². The van der Waals surface area contributed by atoms with E-state index in [1.807, 2.05) is 11.9 Å². The number of nitrogens with one attached hydrogen (secondary N) is 1. The molecule has 0 aromatic heterocycles. The number of nitrogens with two attached hydrogens (primary N) is 1. The summed E-state index contributed by atoms with van der Waals surface area (Å²) in [6.07, 6.45) is 2.06. The first kappa shape index (κ1) is 15.9. The van der Waals surface area contributed by atoms with Crippen molar-refractivity contribution in [1.82, 2.24) is 10.2 Å². The first-order valence-electron chi connectivity index (χ1n) is 6.95. The number of nitrogens with zero attached hydrogens (tertiary/aromatic N) is 1. The summed E-state index contributed by atoms with van der Waals surface area (Å²) in [6.45, 7) is 1.46. The lowest BCUT2D eigenvalue weighted by molar-refractivity contribution is 0.0698. The summed E-state index contributed by atoms with van der Waals surface area (Å²) in [5, 5.41) is 8.20. The molecule has 21 heavy (non-hydrogen) atoms. The highest BCUT2D eigenvalue weighted by molar-refractivity contribution is 7.88. The summed E-state index contributed by atoms with van der Waals surface area (Å²) in [5.41, 5.74) is 1.16. The summed E-state index contributed by atoms with van der Waals surface area (Å²) in [7, 11) is -1.64. The maximum Gasteiger partial charge on any atom is 0.253 e. The second-order valence-electron chi connectivity index (χ2n) is 5.38.